The van der Waals surface area contributed by atoms with Gasteiger partial charge in [-0.15, -0.1) is 0 Å². The van der Waals surface area contributed by atoms with Crippen molar-refractivity contribution in [1.82, 2.24) is 59.3 Å². The summed E-state index contributed by atoms with van der Waals surface area (Å²) >= 11 is 0. The van der Waals surface area contributed by atoms with Crippen molar-refractivity contribution in [2.75, 3.05) is 139 Å². The van der Waals surface area contributed by atoms with Crippen molar-refractivity contribution in [3.05, 3.63) is 140 Å². The Morgan fingerprint density at radius 2 is 0.838 bits per heavy atom. The summed E-state index contributed by atoms with van der Waals surface area (Å²) in [5.41, 5.74) is 4.56. The molecule has 34 heteroatoms. The molecular weight excluding hydrogens is 1370 g/mol. The fraction of sp³-hybridized carbons (Fsp3) is 0.408. The highest BCUT2D eigenvalue weighted by Crippen LogP contribution is 2.34. The van der Waals surface area contributed by atoms with Crippen LogP contribution in [0.4, 0.5) is 66.9 Å². The van der Waals surface area contributed by atoms with Gasteiger partial charge in [0.15, 0.2) is 18.9 Å². The zero-order valence-corrected chi connectivity index (χ0v) is 58.8. The van der Waals surface area contributed by atoms with Gasteiger partial charge in [0, 0.05) is 122 Å². The molecule has 1 saturated carbocycles. The number of halogens is 4. The minimum Gasteiger partial charge on any atom is -0.336 e. The van der Waals surface area contributed by atoms with Crippen LogP contribution in [-0.4, -0.2) is 228 Å². The summed E-state index contributed by atoms with van der Waals surface area (Å²) in [5.74, 6) is 1.84. The number of hydrogen-bond acceptors (Lipinski definition) is 21. The molecule has 3 N–H and O–H groups in total. The number of likely N-dealkylation sites (N-methyl/N-ethyl adjacent to an activating group) is 3. The zero-order chi connectivity index (χ0) is 76.1. The minimum absolute atomic E-state index is 0.00240. The number of urea groups is 3. The Labute approximate surface area is 603 Å². The number of nitrogens with zero attached hydrogens (tertiary/aromatic N) is 18. The fourth-order valence-electron chi connectivity index (χ4n) is 11.2. The Bertz CT molecular complexity index is 4350. The van der Waals surface area contributed by atoms with Crippen molar-refractivity contribution >= 4 is 89.6 Å². The third kappa shape index (κ3) is 22.4. The van der Waals surface area contributed by atoms with Crippen LogP contribution in [0.15, 0.2) is 73.2 Å². The van der Waals surface area contributed by atoms with Crippen molar-refractivity contribution in [3.63, 3.8) is 0 Å². The molecule has 0 bridgehead atoms. The van der Waals surface area contributed by atoms with Gasteiger partial charge in [-0.25, -0.2) is 44.3 Å². The Balaban J connectivity index is 0.000000199. The number of carbonyl (C=O) groups excluding carboxylic acids is 9. The minimum atomic E-state index is -4.40. The molecule has 9 amide bonds. The smallest absolute Gasteiger partial charge is 0.336 e. The first kappa shape index (κ1) is 78.9. The van der Waals surface area contributed by atoms with Crippen molar-refractivity contribution < 1.29 is 60.7 Å². The first-order valence-corrected chi connectivity index (χ1v) is 33.4. The third-order valence-corrected chi connectivity index (χ3v) is 17.7. The number of nitriles is 3. The highest BCUT2D eigenvalue weighted by Gasteiger charge is 2.30. The maximum Gasteiger partial charge on any atom is 0.389 e. The van der Waals surface area contributed by atoms with Gasteiger partial charge in [-0.2, -0.15) is 29.0 Å². The van der Waals surface area contributed by atoms with E-state index in [1.807, 2.05) is 41.9 Å². The predicted molar refractivity (Wildman–Crippen MR) is 376 cm³/mol. The summed E-state index contributed by atoms with van der Waals surface area (Å²) in [6, 6.07) is 18.5. The molecule has 3 saturated heterocycles. The Morgan fingerprint density at radius 3 is 1.12 bits per heavy atom. The van der Waals surface area contributed by atoms with Crippen molar-refractivity contribution in [3.8, 4) is 18.2 Å². The van der Waals surface area contributed by atoms with Gasteiger partial charge in [0.2, 0.25) is 17.7 Å². The zero-order valence-electron chi connectivity index (χ0n) is 58.8. The summed E-state index contributed by atoms with van der Waals surface area (Å²) in [5, 5.41) is 35.5. The van der Waals surface area contributed by atoms with Crippen molar-refractivity contribution in [1.29, 1.82) is 15.8 Å². The first-order chi connectivity index (χ1) is 50.2. The molecule has 550 valence electrons. The van der Waals surface area contributed by atoms with E-state index in [1.165, 1.54) is 61.3 Å². The number of pyridine rings is 6. The number of anilines is 6. The van der Waals surface area contributed by atoms with Crippen molar-refractivity contribution in [2.24, 2.45) is 5.92 Å². The van der Waals surface area contributed by atoms with E-state index in [2.05, 4.69) is 51.9 Å². The van der Waals surface area contributed by atoms with Crippen molar-refractivity contribution in [2.45, 2.75) is 77.2 Å². The molecule has 10 rings (SSSR count). The molecule has 105 heavy (non-hydrogen) atoms. The Hall–Kier alpha value is -11.8. The van der Waals surface area contributed by atoms with E-state index in [1.54, 1.807) is 70.3 Å². The number of aryl methyl sites for hydroxylation is 3. The molecule has 0 spiro atoms. The molecule has 0 atom stereocenters. The molecule has 30 nitrogen and oxygen atoms in total. The lowest BCUT2D eigenvalue weighted by molar-refractivity contribution is -0.136. The number of aldehydes is 3. The quantitative estimate of drug-likeness (QED) is 0.0427. The lowest BCUT2D eigenvalue weighted by atomic mass is 10.0. The molecule has 0 radical (unpaired) electrons. The van der Waals surface area contributed by atoms with E-state index >= 15 is 0 Å². The fourth-order valence-corrected chi connectivity index (χ4v) is 11.2. The van der Waals surface area contributed by atoms with Crippen LogP contribution in [0, 0.1) is 39.9 Å². The standard InChI is InChI=1S/C25H29N7O3.C23H24F3N7O3.C23H26FN7O3/c1-30-9-10-32(24(34)15-30)14-19-7-8-23(28-21(19)16-33)31(2)25(35)29-22-11-18(6-5-17-3-4-17)20(12-26)13-27-22;1-31-7-8-33(21(35)13-31)12-16-3-4-20(29-18(16)14-34)32(2)22(36)30-19-9-15(5-6-23(24,25)26)17(10-27)11-28-19;1-29-8-9-31(22(33)14-29)13-17-5-6-21(27-19(17)15-32)30(2)23(34)28-20-10-16(4-3-7-24)18(11-25)12-26-20/h7-8,11,13,16-17H,3-6,9-10,14-15H2,1-2H3,(H,27,29,35);3-4,9,11,14H,5-8,12-13H2,1-2H3,(H,28,30,36);5-6,10,12,15H,3-4,7-9,13-14H2,1-2H3,(H,26,28,34). The molecule has 6 aromatic rings. The van der Waals surface area contributed by atoms with Crippen LogP contribution in [-0.2, 0) is 53.3 Å². The number of hydrogen-bond donors (Lipinski definition) is 3. The second kappa shape index (κ2) is 36.9. The predicted octanol–water partition coefficient (Wildman–Crippen LogP) is 7.05. The molecule has 4 fully saturated rings. The van der Waals surface area contributed by atoms with E-state index in [9.17, 15) is 71.2 Å². The van der Waals surface area contributed by atoms with Gasteiger partial charge >= 0.3 is 24.3 Å². The van der Waals surface area contributed by atoms with Crippen LogP contribution < -0.4 is 30.7 Å². The highest BCUT2D eigenvalue weighted by molar-refractivity contribution is 6.02. The van der Waals surface area contributed by atoms with Crippen LogP contribution >= 0.6 is 0 Å². The SMILES string of the molecule is CN1CCN(Cc2ccc(N(C)C(=O)Nc3cc(CCC(F)(F)F)c(C#N)cn3)nc2C=O)C(=O)C1.CN1CCN(Cc2ccc(N(C)C(=O)Nc3cc(CCC4CC4)c(C#N)cn3)nc2C=O)C(=O)C1.CN1CCN(Cc2ccc(N(C)C(=O)Nc3cc(CCCF)c(C#N)cn3)nc2C=O)C(=O)C1. The molecule has 3 aliphatic heterocycles. The van der Waals surface area contributed by atoms with Crippen LogP contribution in [0.2, 0.25) is 0 Å². The second-order valence-corrected chi connectivity index (χ2v) is 25.5. The number of amides is 9. The number of piperazine rings is 3. The molecule has 0 aromatic carbocycles. The van der Waals surface area contributed by atoms with Crippen LogP contribution in [0.1, 0.15) is 114 Å². The average Bonchev–Trinajstić information content (AvgIpc) is 1.54. The van der Waals surface area contributed by atoms with E-state index in [0.717, 1.165) is 48.5 Å². The molecular formula is C71H79F4N21O9. The van der Waals surface area contributed by atoms with Crippen LogP contribution in [0.25, 0.3) is 0 Å². The maximum absolute atomic E-state index is 12.9. The monoisotopic (exact) mass is 1450 g/mol. The Kier molecular flexibility index (Phi) is 27.7. The van der Waals surface area contributed by atoms with Crippen LogP contribution in [0.3, 0.4) is 0 Å². The molecule has 1 aliphatic carbocycles. The summed E-state index contributed by atoms with van der Waals surface area (Å²) in [4.78, 5) is 150. The molecule has 4 aliphatic rings. The number of aromatic nitrogens is 6. The van der Waals surface area contributed by atoms with Gasteiger partial charge in [-0.05, 0) is 112 Å². The number of rotatable bonds is 23. The number of carbonyl (C=O) groups is 9. The van der Waals surface area contributed by atoms with Gasteiger partial charge in [0.05, 0.1) is 43.0 Å². The number of alkyl halides is 4. The van der Waals surface area contributed by atoms with Gasteiger partial charge in [-0.1, -0.05) is 31.0 Å². The lowest BCUT2D eigenvalue weighted by Crippen LogP contribution is -2.48. The second-order valence-electron chi connectivity index (χ2n) is 25.5. The lowest BCUT2D eigenvalue weighted by Gasteiger charge is -2.32. The highest BCUT2D eigenvalue weighted by atomic mass is 19.4. The first-order valence-electron chi connectivity index (χ1n) is 33.4. The molecule has 9 heterocycles. The normalized spacial score (nSPS) is 14.8. The summed E-state index contributed by atoms with van der Waals surface area (Å²) in [6.07, 6.45) is 4.62. The Morgan fingerprint density at radius 1 is 0.514 bits per heavy atom. The van der Waals surface area contributed by atoms with E-state index in [0.29, 0.717) is 116 Å². The third-order valence-electron chi connectivity index (χ3n) is 17.7. The molecule has 6 aromatic heterocycles. The summed E-state index contributed by atoms with van der Waals surface area (Å²) < 4.78 is 50.4. The van der Waals surface area contributed by atoms with Gasteiger partial charge in [0.25, 0.3) is 0 Å². The van der Waals surface area contributed by atoms with Gasteiger partial charge in [0.1, 0.15) is 70.2 Å². The largest absolute Gasteiger partial charge is 0.389 e. The number of nitrogens with one attached hydrogen (secondary N) is 3. The van der Waals surface area contributed by atoms with E-state index in [4.69, 9.17) is 5.26 Å². The van der Waals surface area contributed by atoms with Crippen LogP contribution in [0.5, 0.6) is 0 Å². The average molecular weight is 1450 g/mol. The van der Waals surface area contributed by atoms with Gasteiger partial charge in [-0.3, -0.25) is 78.5 Å². The van der Waals surface area contributed by atoms with Gasteiger partial charge < -0.3 is 14.7 Å². The summed E-state index contributed by atoms with van der Waals surface area (Å²) in [6.45, 7) is 5.08. The maximum atomic E-state index is 12.9. The van der Waals surface area contributed by atoms with E-state index < -0.39 is 43.8 Å². The molecule has 0 unspecified atom stereocenters. The topological polar surface area (TPSA) is 368 Å². The van der Waals surface area contributed by atoms with E-state index in [-0.39, 0.29) is 95.3 Å². The summed E-state index contributed by atoms with van der Waals surface area (Å²) in [7, 11) is 10.1.